The summed E-state index contributed by atoms with van der Waals surface area (Å²) in [7, 11) is 0. The molecule has 25 heavy (non-hydrogen) atoms. The number of hydrogen-bond acceptors (Lipinski definition) is 4. The summed E-state index contributed by atoms with van der Waals surface area (Å²) in [6.07, 6.45) is 6.12. The zero-order valence-corrected chi connectivity index (χ0v) is 14.6. The predicted molar refractivity (Wildman–Crippen MR) is 96.5 cm³/mol. The summed E-state index contributed by atoms with van der Waals surface area (Å²) in [6, 6.07) is 6.55. The largest absolute Gasteiger partial charge is 0.352 e. The monoisotopic (exact) mass is 340 g/mol. The number of carbonyl (C=O) groups excluding carboxylic acids is 1. The Morgan fingerprint density at radius 3 is 2.72 bits per heavy atom. The number of benzene rings is 1. The minimum atomic E-state index is -0.160. The molecule has 6 nitrogen and oxygen atoms in total. The number of carbonyl (C=O) groups is 1. The van der Waals surface area contributed by atoms with Crippen LogP contribution in [0.5, 0.6) is 0 Å². The highest BCUT2D eigenvalue weighted by Crippen LogP contribution is 2.29. The van der Waals surface area contributed by atoms with Gasteiger partial charge >= 0.3 is 0 Å². The van der Waals surface area contributed by atoms with Crippen molar-refractivity contribution in [2.45, 2.75) is 51.2 Å². The number of hydrogen-bond donors (Lipinski definition) is 1. The number of nitrogens with zero attached hydrogens (tertiary/aromatic N) is 3. The van der Waals surface area contributed by atoms with Crippen LogP contribution >= 0.6 is 0 Å². The van der Waals surface area contributed by atoms with Crippen molar-refractivity contribution in [2.75, 3.05) is 13.1 Å². The molecule has 1 saturated heterocycles. The molecule has 2 aromatic rings. The minimum Gasteiger partial charge on any atom is -0.352 e. The summed E-state index contributed by atoms with van der Waals surface area (Å²) in [4.78, 5) is 31.8. The fourth-order valence-corrected chi connectivity index (χ4v) is 3.73. The Kier molecular flexibility index (Phi) is 4.29. The number of aromatic nitrogens is 2. The van der Waals surface area contributed by atoms with Crippen LogP contribution in [-0.2, 0) is 11.3 Å². The average molecular weight is 340 g/mol. The van der Waals surface area contributed by atoms with E-state index >= 15 is 0 Å². The van der Waals surface area contributed by atoms with Crippen molar-refractivity contribution < 1.29 is 4.79 Å². The Hall–Kier alpha value is -2.21. The molecular weight excluding hydrogens is 316 g/mol. The molecule has 1 aromatic heterocycles. The summed E-state index contributed by atoms with van der Waals surface area (Å²) in [6.45, 7) is 4.08. The highest BCUT2D eigenvalue weighted by molar-refractivity contribution is 5.81. The van der Waals surface area contributed by atoms with Crippen LogP contribution in [0.1, 0.15) is 31.2 Å². The van der Waals surface area contributed by atoms with E-state index < -0.39 is 0 Å². The van der Waals surface area contributed by atoms with Crippen LogP contribution in [0.2, 0.25) is 0 Å². The Labute approximate surface area is 146 Å². The number of piperidine rings is 1. The molecule has 0 atom stereocenters. The van der Waals surface area contributed by atoms with E-state index in [9.17, 15) is 9.59 Å². The van der Waals surface area contributed by atoms with E-state index in [0.717, 1.165) is 37.5 Å². The Morgan fingerprint density at radius 1 is 1.24 bits per heavy atom. The van der Waals surface area contributed by atoms with Crippen molar-refractivity contribution in [3.05, 3.63) is 40.4 Å². The van der Waals surface area contributed by atoms with Crippen LogP contribution in [-0.4, -0.2) is 45.5 Å². The van der Waals surface area contributed by atoms with Crippen molar-refractivity contribution in [3.63, 3.8) is 0 Å². The maximum atomic E-state index is 12.6. The number of nitrogens with one attached hydrogen (secondary N) is 1. The van der Waals surface area contributed by atoms with Crippen LogP contribution in [0.25, 0.3) is 10.9 Å². The van der Waals surface area contributed by atoms with Gasteiger partial charge in [0.05, 0.1) is 17.2 Å². The molecule has 4 rings (SSSR count). The van der Waals surface area contributed by atoms with Crippen LogP contribution in [0.15, 0.2) is 29.3 Å². The number of rotatable bonds is 4. The van der Waals surface area contributed by atoms with Gasteiger partial charge in [0, 0.05) is 25.2 Å². The smallest absolute Gasteiger partial charge is 0.261 e. The Balaban J connectivity index is 1.40. The zero-order chi connectivity index (χ0) is 17.4. The van der Waals surface area contributed by atoms with E-state index in [4.69, 9.17) is 0 Å². The van der Waals surface area contributed by atoms with Gasteiger partial charge in [-0.3, -0.25) is 14.2 Å². The molecule has 1 aliphatic heterocycles. The van der Waals surface area contributed by atoms with E-state index in [1.54, 1.807) is 6.07 Å². The third kappa shape index (κ3) is 3.44. The number of amides is 1. The average Bonchev–Trinajstić information content (AvgIpc) is 3.44. The first-order valence-electron chi connectivity index (χ1n) is 9.10. The second-order valence-electron chi connectivity index (χ2n) is 7.26. The summed E-state index contributed by atoms with van der Waals surface area (Å²) in [5.41, 5.74) is 1.51. The first-order valence-corrected chi connectivity index (χ1v) is 9.10. The van der Waals surface area contributed by atoms with E-state index in [2.05, 4.69) is 15.2 Å². The summed E-state index contributed by atoms with van der Waals surface area (Å²) < 4.78 is 1.40. The van der Waals surface area contributed by atoms with Gasteiger partial charge in [0.2, 0.25) is 5.91 Å². The van der Waals surface area contributed by atoms with E-state index in [-0.39, 0.29) is 24.1 Å². The molecule has 1 N–H and O–H groups in total. The number of fused-ring (bicyclic) bond motifs is 1. The lowest BCUT2D eigenvalue weighted by Gasteiger charge is -2.32. The summed E-state index contributed by atoms with van der Waals surface area (Å²) >= 11 is 0. The number of aryl methyl sites for hydroxylation is 1. The fraction of sp³-hybridized carbons (Fsp3) is 0.526. The van der Waals surface area contributed by atoms with Crippen molar-refractivity contribution in [3.8, 4) is 0 Å². The minimum absolute atomic E-state index is 0.0263. The van der Waals surface area contributed by atoms with Crippen molar-refractivity contribution in [1.29, 1.82) is 0 Å². The van der Waals surface area contributed by atoms with Crippen molar-refractivity contribution in [2.24, 2.45) is 0 Å². The predicted octanol–water partition coefficient (Wildman–Crippen LogP) is 1.45. The maximum absolute atomic E-state index is 12.6. The molecule has 2 heterocycles. The molecule has 0 bridgehead atoms. The third-order valence-electron chi connectivity index (χ3n) is 5.33. The topological polar surface area (TPSA) is 67.2 Å². The third-order valence-corrected chi connectivity index (χ3v) is 5.33. The van der Waals surface area contributed by atoms with Crippen molar-refractivity contribution >= 4 is 16.8 Å². The normalized spacial score (nSPS) is 19.2. The molecule has 2 aliphatic rings. The SMILES string of the molecule is Cc1cccc2c(=O)n(CC(=O)NC3CCN(C4CC4)CC3)cnc12. The number of likely N-dealkylation sites (tertiary alicyclic amines) is 1. The molecule has 0 spiro atoms. The molecule has 1 amide bonds. The van der Waals surface area contributed by atoms with Gasteiger partial charge in [-0.2, -0.15) is 0 Å². The Morgan fingerprint density at radius 2 is 2.00 bits per heavy atom. The van der Waals surface area contributed by atoms with Gasteiger partial charge in [-0.25, -0.2) is 4.98 Å². The van der Waals surface area contributed by atoms with Gasteiger partial charge in [0.25, 0.3) is 5.56 Å². The summed E-state index contributed by atoms with van der Waals surface area (Å²) in [5, 5.41) is 3.64. The lowest BCUT2D eigenvalue weighted by molar-refractivity contribution is -0.122. The molecule has 1 saturated carbocycles. The quantitative estimate of drug-likeness (QED) is 0.915. The van der Waals surface area contributed by atoms with Crippen LogP contribution in [0.3, 0.4) is 0 Å². The molecule has 6 heteroatoms. The first kappa shape index (κ1) is 16.3. The van der Waals surface area contributed by atoms with Gasteiger partial charge in [-0.15, -0.1) is 0 Å². The van der Waals surface area contributed by atoms with Gasteiger partial charge < -0.3 is 10.2 Å². The van der Waals surface area contributed by atoms with E-state index in [1.165, 1.54) is 23.7 Å². The van der Waals surface area contributed by atoms with Gasteiger partial charge in [-0.1, -0.05) is 12.1 Å². The first-order chi connectivity index (χ1) is 12.1. The van der Waals surface area contributed by atoms with E-state index in [0.29, 0.717) is 10.9 Å². The number of para-hydroxylation sites is 1. The van der Waals surface area contributed by atoms with Gasteiger partial charge in [0.1, 0.15) is 6.54 Å². The molecule has 1 aliphatic carbocycles. The highest BCUT2D eigenvalue weighted by Gasteiger charge is 2.32. The van der Waals surface area contributed by atoms with Crippen molar-refractivity contribution in [1.82, 2.24) is 19.8 Å². The van der Waals surface area contributed by atoms with Crippen LogP contribution < -0.4 is 10.9 Å². The molecule has 132 valence electrons. The highest BCUT2D eigenvalue weighted by atomic mass is 16.2. The maximum Gasteiger partial charge on any atom is 0.261 e. The molecule has 0 unspecified atom stereocenters. The standard InChI is InChI=1S/C19H24N4O2/c1-13-3-2-4-16-18(13)20-12-23(19(16)25)11-17(24)21-14-7-9-22(10-8-14)15-5-6-15/h2-4,12,14-15H,5-11H2,1H3,(H,21,24). The van der Waals surface area contributed by atoms with E-state index in [1.807, 2.05) is 19.1 Å². The second-order valence-corrected chi connectivity index (χ2v) is 7.26. The lowest BCUT2D eigenvalue weighted by atomic mass is 10.0. The molecule has 1 aromatic carbocycles. The molecule has 2 fully saturated rings. The lowest BCUT2D eigenvalue weighted by Crippen LogP contribution is -2.46. The Bertz CT molecular complexity index is 848. The molecule has 0 radical (unpaired) electrons. The summed E-state index contributed by atoms with van der Waals surface area (Å²) in [5.74, 6) is -0.110. The van der Waals surface area contributed by atoms with Crippen LogP contribution in [0, 0.1) is 6.92 Å². The molecular formula is C19H24N4O2. The van der Waals surface area contributed by atoms with Gasteiger partial charge in [0.15, 0.2) is 0 Å². The van der Waals surface area contributed by atoms with Gasteiger partial charge in [-0.05, 0) is 44.2 Å². The van der Waals surface area contributed by atoms with Crippen LogP contribution in [0.4, 0.5) is 0 Å². The fourth-order valence-electron chi connectivity index (χ4n) is 3.73. The second kappa shape index (κ2) is 6.59. The zero-order valence-electron chi connectivity index (χ0n) is 14.6.